The van der Waals surface area contributed by atoms with Crippen LogP contribution >= 0.6 is 15.9 Å². The minimum absolute atomic E-state index is 0.197. The molecule has 0 saturated heterocycles. The Morgan fingerprint density at radius 2 is 1.77 bits per heavy atom. The van der Waals surface area contributed by atoms with Crippen LogP contribution in [0.4, 0.5) is 0 Å². The van der Waals surface area contributed by atoms with Crippen LogP contribution in [0.25, 0.3) is 0 Å². The average Bonchev–Trinajstić information content (AvgIpc) is 3.14. The molecule has 2 atom stereocenters. The van der Waals surface area contributed by atoms with Crippen LogP contribution in [0.1, 0.15) is 74.7 Å². The number of ether oxygens (including phenoxy) is 1. The molecule has 2 fully saturated rings. The number of benzene rings is 1. The molecule has 0 aliphatic heterocycles. The number of rotatable bonds is 5. The first kappa shape index (κ1) is 19.7. The largest absolute Gasteiger partial charge is 0.496 e. The Labute approximate surface area is 166 Å². The zero-order chi connectivity index (χ0) is 18.7. The Morgan fingerprint density at radius 1 is 1.12 bits per heavy atom. The first-order valence-corrected chi connectivity index (χ1v) is 11.2. The van der Waals surface area contributed by atoms with E-state index in [0.717, 1.165) is 47.9 Å². The summed E-state index contributed by atoms with van der Waals surface area (Å²) in [6.45, 7) is 4.68. The Kier molecular flexibility index (Phi) is 6.65. The van der Waals surface area contributed by atoms with Crippen molar-refractivity contribution in [2.24, 2.45) is 11.8 Å². The lowest BCUT2D eigenvalue weighted by molar-refractivity contribution is 0.0429. The molecular weight excluding hydrogens is 390 g/mol. The third-order valence-corrected chi connectivity index (χ3v) is 6.78. The van der Waals surface area contributed by atoms with Gasteiger partial charge in [-0.15, -0.1) is 0 Å². The highest BCUT2D eigenvalue weighted by molar-refractivity contribution is 9.08. The molecule has 1 amide bonds. The minimum atomic E-state index is 0.197. The summed E-state index contributed by atoms with van der Waals surface area (Å²) in [5.74, 6) is 2.39. The van der Waals surface area contributed by atoms with E-state index in [1.165, 1.54) is 19.3 Å². The van der Waals surface area contributed by atoms with Gasteiger partial charge in [0.2, 0.25) is 0 Å². The lowest BCUT2D eigenvalue weighted by atomic mass is 9.79. The molecule has 0 heterocycles. The number of carbonyl (C=O) groups is 1. The monoisotopic (exact) mass is 421 g/mol. The minimum Gasteiger partial charge on any atom is -0.496 e. The molecule has 2 saturated carbocycles. The average molecular weight is 422 g/mol. The zero-order valence-electron chi connectivity index (χ0n) is 16.3. The fourth-order valence-corrected chi connectivity index (χ4v) is 5.54. The van der Waals surface area contributed by atoms with E-state index in [9.17, 15) is 4.79 Å². The van der Waals surface area contributed by atoms with Crippen LogP contribution in [0.5, 0.6) is 5.75 Å². The van der Waals surface area contributed by atoms with Gasteiger partial charge in [-0.05, 0) is 56.1 Å². The predicted molar refractivity (Wildman–Crippen MR) is 110 cm³/mol. The zero-order valence-corrected chi connectivity index (χ0v) is 17.9. The molecule has 2 unspecified atom stereocenters. The van der Waals surface area contributed by atoms with Gasteiger partial charge in [-0.1, -0.05) is 48.7 Å². The van der Waals surface area contributed by atoms with Gasteiger partial charge in [-0.3, -0.25) is 4.79 Å². The van der Waals surface area contributed by atoms with Crippen molar-refractivity contribution in [1.82, 2.24) is 4.90 Å². The van der Waals surface area contributed by atoms with Crippen molar-refractivity contribution >= 4 is 21.8 Å². The standard InChI is InChI=1S/C22H32BrNO2/c1-15-10-16(2)12-20(11-15)24(19-6-4-5-7-19)22(25)17-8-9-18(14-23)21(13-17)26-3/h8-9,13,15-16,19-20H,4-7,10-12,14H2,1-3H3. The molecule has 1 aromatic carbocycles. The molecule has 0 N–H and O–H groups in total. The molecule has 0 bridgehead atoms. The Bertz CT molecular complexity index is 617. The maximum Gasteiger partial charge on any atom is 0.254 e. The van der Waals surface area contributed by atoms with Gasteiger partial charge >= 0.3 is 0 Å². The van der Waals surface area contributed by atoms with Crippen LogP contribution in [-0.2, 0) is 5.33 Å². The second kappa shape index (κ2) is 8.77. The maximum atomic E-state index is 13.6. The first-order valence-electron chi connectivity index (χ1n) is 10.1. The number of hydrogen-bond donors (Lipinski definition) is 0. The summed E-state index contributed by atoms with van der Waals surface area (Å²) in [4.78, 5) is 15.8. The van der Waals surface area contributed by atoms with Gasteiger partial charge in [-0.2, -0.15) is 0 Å². The van der Waals surface area contributed by atoms with Crippen LogP contribution in [0.15, 0.2) is 18.2 Å². The van der Waals surface area contributed by atoms with Gasteiger partial charge in [0.05, 0.1) is 7.11 Å². The predicted octanol–water partition coefficient (Wildman–Crippen LogP) is 5.80. The Hall–Kier alpha value is -1.03. The lowest BCUT2D eigenvalue weighted by Gasteiger charge is -2.42. The highest BCUT2D eigenvalue weighted by atomic mass is 79.9. The van der Waals surface area contributed by atoms with E-state index in [-0.39, 0.29) is 5.91 Å². The number of methoxy groups -OCH3 is 1. The summed E-state index contributed by atoms with van der Waals surface area (Å²) in [6, 6.07) is 6.70. The molecule has 0 aromatic heterocycles. The molecular formula is C22H32BrNO2. The highest BCUT2D eigenvalue weighted by Gasteiger charge is 2.36. The van der Waals surface area contributed by atoms with Crippen LogP contribution in [-0.4, -0.2) is 30.0 Å². The van der Waals surface area contributed by atoms with Crippen molar-refractivity contribution in [1.29, 1.82) is 0 Å². The van der Waals surface area contributed by atoms with Crippen molar-refractivity contribution in [3.8, 4) is 5.75 Å². The number of halogens is 1. The first-order chi connectivity index (χ1) is 12.5. The van der Waals surface area contributed by atoms with Crippen molar-refractivity contribution < 1.29 is 9.53 Å². The van der Waals surface area contributed by atoms with Crippen LogP contribution < -0.4 is 4.74 Å². The van der Waals surface area contributed by atoms with Crippen molar-refractivity contribution in [3.05, 3.63) is 29.3 Å². The van der Waals surface area contributed by atoms with Gasteiger partial charge in [0.15, 0.2) is 0 Å². The third kappa shape index (κ3) is 4.27. The van der Waals surface area contributed by atoms with E-state index < -0.39 is 0 Å². The lowest BCUT2D eigenvalue weighted by Crippen LogP contribution is -2.49. The molecule has 1 aromatic rings. The topological polar surface area (TPSA) is 29.5 Å². The third-order valence-electron chi connectivity index (χ3n) is 6.18. The number of carbonyl (C=O) groups excluding carboxylic acids is 1. The maximum absolute atomic E-state index is 13.6. The van der Waals surface area contributed by atoms with Crippen LogP contribution in [0.3, 0.4) is 0 Å². The van der Waals surface area contributed by atoms with E-state index in [2.05, 4.69) is 34.7 Å². The number of hydrogen-bond acceptors (Lipinski definition) is 2. The summed E-state index contributed by atoms with van der Waals surface area (Å²) in [6.07, 6.45) is 8.38. The summed E-state index contributed by atoms with van der Waals surface area (Å²) >= 11 is 3.49. The van der Waals surface area contributed by atoms with Gasteiger partial charge in [0.1, 0.15) is 5.75 Å². The molecule has 2 aliphatic rings. The normalized spacial score (nSPS) is 26.7. The molecule has 0 spiro atoms. The number of amides is 1. The Morgan fingerprint density at radius 3 is 2.35 bits per heavy atom. The summed E-state index contributed by atoms with van der Waals surface area (Å²) in [7, 11) is 1.68. The Balaban J connectivity index is 1.90. The van der Waals surface area contributed by atoms with Gasteiger partial charge < -0.3 is 9.64 Å². The van der Waals surface area contributed by atoms with Gasteiger partial charge in [0.25, 0.3) is 5.91 Å². The highest BCUT2D eigenvalue weighted by Crippen LogP contribution is 2.37. The molecule has 2 aliphatic carbocycles. The fourth-order valence-electron chi connectivity index (χ4n) is 5.08. The van der Waals surface area contributed by atoms with Crippen molar-refractivity contribution in [2.75, 3.05) is 7.11 Å². The summed E-state index contributed by atoms with van der Waals surface area (Å²) in [5, 5.41) is 0.731. The van der Waals surface area contributed by atoms with E-state index >= 15 is 0 Å². The second-order valence-electron chi connectivity index (χ2n) is 8.38. The van der Waals surface area contributed by atoms with E-state index in [0.29, 0.717) is 23.9 Å². The second-order valence-corrected chi connectivity index (χ2v) is 8.94. The number of nitrogens with zero attached hydrogens (tertiary/aromatic N) is 1. The molecule has 26 heavy (non-hydrogen) atoms. The molecule has 3 rings (SSSR count). The smallest absolute Gasteiger partial charge is 0.254 e. The summed E-state index contributed by atoms with van der Waals surface area (Å²) in [5.41, 5.74) is 1.85. The van der Waals surface area contributed by atoms with Crippen molar-refractivity contribution in [3.63, 3.8) is 0 Å². The quantitative estimate of drug-likeness (QED) is 0.562. The van der Waals surface area contributed by atoms with Crippen molar-refractivity contribution in [2.45, 2.75) is 76.2 Å². The molecule has 3 nitrogen and oxygen atoms in total. The van der Waals surface area contributed by atoms with E-state index in [1.807, 2.05) is 18.2 Å². The molecule has 0 radical (unpaired) electrons. The van der Waals surface area contributed by atoms with Crippen LogP contribution in [0.2, 0.25) is 0 Å². The summed E-state index contributed by atoms with van der Waals surface area (Å²) < 4.78 is 5.51. The van der Waals surface area contributed by atoms with E-state index in [4.69, 9.17) is 4.74 Å². The number of alkyl halides is 1. The fraction of sp³-hybridized carbons (Fsp3) is 0.682. The van der Waals surface area contributed by atoms with E-state index in [1.54, 1.807) is 7.11 Å². The van der Waals surface area contributed by atoms with Gasteiger partial charge in [-0.25, -0.2) is 0 Å². The SMILES string of the molecule is COc1cc(C(=O)N(C2CCCC2)C2CC(C)CC(C)C2)ccc1CBr. The van der Waals surface area contributed by atoms with Crippen LogP contribution in [0, 0.1) is 11.8 Å². The molecule has 4 heteroatoms. The van der Waals surface area contributed by atoms with Gasteiger partial charge in [0, 0.05) is 28.5 Å². The molecule has 144 valence electrons.